The molecule has 1 aliphatic heterocycles. The fourth-order valence-electron chi connectivity index (χ4n) is 2.55. The van der Waals surface area contributed by atoms with Crippen LogP contribution < -0.4 is 10.5 Å². The molecule has 2 N–H and O–H groups in total. The summed E-state index contributed by atoms with van der Waals surface area (Å²) in [6.45, 7) is 2.36. The van der Waals surface area contributed by atoms with Gasteiger partial charge in [0.15, 0.2) is 0 Å². The van der Waals surface area contributed by atoms with Crippen molar-refractivity contribution in [1.29, 1.82) is 0 Å². The minimum Gasteiger partial charge on any atom is -0.496 e. The molecule has 1 aromatic rings. The van der Waals surface area contributed by atoms with E-state index >= 15 is 0 Å². The number of nitrogens with zero attached hydrogens (tertiary/aromatic N) is 1. The van der Waals surface area contributed by atoms with Crippen LogP contribution >= 0.6 is 0 Å². The predicted octanol–water partition coefficient (Wildman–Crippen LogP) is 0.890. The van der Waals surface area contributed by atoms with E-state index in [9.17, 15) is 13.2 Å². The maximum absolute atomic E-state index is 12.6. The summed E-state index contributed by atoms with van der Waals surface area (Å²) in [5.41, 5.74) is 6.05. The van der Waals surface area contributed by atoms with Crippen molar-refractivity contribution in [2.24, 2.45) is 11.7 Å². The highest BCUT2D eigenvalue weighted by Gasteiger charge is 2.32. The summed E-state index contributed by atoms with van der Waals surface area (Å²) in [7, 11) is -2.07. The van der Waals surface area contributed by atoms with E-state index in [0.717, 1.165) is 5.56 Å². The summed E-state index contributed by atoms with van der Waals surface area (Å²) >= 11 is 0. The maximum atomic E-state index is 12.6. The number of benzene rings is 1. The lowest BCUT2D eigenvalue weighted by Crippen LogP contribution is -2.44. The number of hydrogen-bond donors (Lipinski definition) is 1. The number of sulfonamides is 1. The fourth-order valence-corrected chi connectivity index (χ4v) is 4.16. The van der Waals surface area contributed by atoms with Crippen LogP contribution in [-0.2, 0) is 14.8 Å². The van der Waals surface area contributed by atoms with Gasteiger partial charge in [0.25, 0.3) is 0 Å². The van der Waals surface area contributed by atoms with Gasteiger partial charge in [-0.15, -0.1) is 0 Å². The highest BCUT2D eigenvalue weighted by Crippen LogP contribution is 2.27. The zero-order valence-electron chi connectivity index (χ0n) is 12.2. The largest absolute Gasteiger partial charge is 0.496 e. The molecule has 116 valence electrons. The van der Waals surface area contributed by atoms with Crippen molar-refractivity contribution in [3.05, 3.63) is 23.8 Å². The third-order valence-electron chi connectivity index (χ3n) is 3.79. The number of carbonyl (C=O) groups is 1. The van der Waals surface area contributed by atoms with E-state index in [1.807, 2.05) is 0 Å². The lowest BCUT2D eigenvalue weighted by Gasteiger charge is -2.30. The van der Waals surface area contributed by atoms with Crippen LogP contribution in [0.25, 0.3) is 0 Å². The number of ether oxygens (including phenoxy) is 1. The number of carbonyl (C=O) groups excluding carboxylic acids is 1. The SMILES string of the molecule is COc1ccc(S(=O)(=O)N2CCC[C@H](C(N)=O)C2)cc1C. The Balaban J connectivity index is 2.29. The van der Waals surface area contributed by atoms with Crippen LogP contribution in [0.2, 0.25) is 0 Å². The van der Waals surface area contributed by atoms with Crippen LogP contribution in [0.5, 0.6) is 5.75 Å². The molecule has 1 atom stereocenters. The Labute approximate surface area is 124 Å². The Kier molecular flexibility index (Phi) is 4.53. The second kappa shape index (κ2) is 6.03. The van der Waals surface area contributed by atoms with Crippen molar-refractivity contribution in [2.45, 2.75) is 24.7 Å². The standard InChI is InChI=1S/C14H20N2O4S/c1-10-8-12(5-6-13(10)20-2)21(18,19)16-7-3-4-11(9-16)14(15)17/h5-6,8,11H,3-4,7,9H2,1-2H3,(H2,15,17)/t11-/m0/s1. The number of hydrogen-bond acceptors (Lipinski definition) is 4. The molecule has 0 aromatic heterocycles. The normalized spacial score (nSPS) is 20.2. The number of methoxy groups -OCH3 is 1. The Morgan fingerprint density at radius 3 is 2.71 bits per heavy atom. The number of nitrogens with two attached hydrogens (primary N) is 1. The molecule has 0 radical (unpaired) electrons. The van der Waals surface area contributed by atoms with Crippen LogP contribution in [0.15, 0.2) is 23.1 Å². The van der Waals surface area contributed by atoms with Crippen LogP contribution in [0.1, 0.15) is 18.4 Å². The second-order valence-corrected chi connectivity index (χ2v) is 7.17. The van der Waals surface area contributed by atoms with Gasteiger partial charge in [-0.05, 0) is 43.5 Å². The van der Waals surface area contributed by atoms with Crippen molar-refractivity contribution in [2.75, 3.05) is 20.2 Å². The molecular formula is C14H20N2O4S. The Morgan fingerprint density at radius 2 is 2.14 bits per heavy atom. The van der Waals surface area contributed by atoms with Crippen LogP contribution in [0.3, 0.4) is 0 Å². The van der Waals surface area contributed by atoms with E-state index in [1.165, 1.54) is 10.4 Å². The van der Waals surface area contributed by atoms with Gasteiger partial charge in [-0.1, -0.05) is 0 Å². The second-order valence-electron chi connectivity index (χ2n) is 5.24. The first-order chi connectivity index (χ1) is 9.86. The summed E-state index contributed by atoms with van der Waals surface area (Å²) in [4.78, 5) is 11.5. The topological polar surface area (TPSA) is 89.7 Å². The number of primary amides is 1. The van der Waals surface area contributed by atoms with Gasteiger partial charge >= 0.3 is 0 Å². The number of amides is 1. The zero-order valence-corrected chi connectivity index (χ0v) is 13.0. The first-order valence-corrected chi connectivity index (χ1v) is 8.24. The molecule has 1 amide bonds. The van der Waals surface area contributed by atoms with Crippen molar-refractivity contribution in [1.82, 2.24) is 4.31 Å². The van der Waals surface area contributed by atoms with Gasteiger partial charge in [0.1, 0.15) is 5.75 Å². The zero-order chi connectivity index (χ0) is 15.6. The monoisotopic (exact) mass is 312 g/mol. The molecule has 21 heavy (non-hydrogen) atoms. The molecule has 1 fully saturated rings. The molecule has 0 aliphatic carbocycles. The Bertz CT molecular complexity index is 642. The van der Waals surface area contributed by atoms with E-state index in [4.69, 9.17) is 10.5 Å². The van der Waals surface area contributed by atoms with Crippen LogP contribution in [0, 0.1) is 12.8 Å². The molecule has 1 aromatic carbocycles. The van der Waals surface area contributed by atoms with Gasteiger partial charge in [0.05, 0.1) is 17.9 Å². The van der Waals surface area contributed by atoms with E-state index in [2.05, 4.69) is 0 Å². The van der Waals surface area contributed by atoms with Gasteiger partial charge in [0.2, 0.25) is 15.9 Å². The van der Waals surface area contributed by atoms with E-state index in [0.29, 0.717) is 25.1 Å². The molecule has 6 nitrogen and oxygen atoms in total. The minimum atomic E-state index is -3.61. The van der Waals surface area contributed by atoms with Gasteiger partial charge in [0, 0.05) is 13.1 Å². The van der Waals surface area contributed by atoms with Gasteiger partial charge in [-0.2, -0.15) is 4.31 Å². The van der Waals surface area contributed by atoms with Crippen molar-refractivity contribution < 1.29 is 17.9 Å². The maximum Gasteiger partial charge on any atom is 0.243 e. The van der Waals surface area contributed by atoms with Crippen molar-refractivity contribution >= 4 is 15.9 Å². The Hall–Kier alpha value is -1.60. The van der Waals surface area contributed by atoms with Gasteiger partial charge in [-0.25, -0.2) is 8.42 Å². The molecular weight excluding hydrogens is 292 g/mol. The Morgan fingerprint density at radius 1 is 1.43 bits per heavy atom. The number of rotatable bonds is 4. The molecule has 0 bridgehead atoms. The molecule has 1 saturated heterocycles. The predicted molar refractivity (Wildman–Crippen MR) is 78.4 cm³/mol. The quantitative estimate of drug-likeness (QED) is 0.894. The summed E-state index contributed by atoms with van der Waals surface area (Å²) < 4.78 is 31.8. The summed E-state index contributed by atoms with van der Waals surface area (Å²) in [6.07, 6.45) is 1.28. The van der Waals surface area contributed by atoms with E-state index in [1.54, 1.807) is 26.2 Å². The highest BCUT2D eigenvalue weighted by molar-refractivity contribution is 7.89. The molecule has 0 spiro atoms. The molecule has 1 aliphatic rings. The molecule has 0 unspecified atom stereocenters. The molecule has 2 rings (SSSR count). The smallest absolute Gasteiger partial charge is 0.243 e. The van der Waals surface area contributed by atoms with E-state index in [-0.39, 0.29) is 11.4 Å². The third-order valence-corrected chi connectivity index (χ3v) is 5.65. The average molecular weight is 312 g/mol. The number of aryl methyl sites for hydroxylation is 1. The summed E-state index contributed by atoms with van der Waals surface area (Å²) in [6, 6.07) is 4.74. The molecule has 0 saturated carbocycles. The van der Waals surface area contributed by atoms with Gasteiger partial charge < -0.3 is 10.5 Å². The van der Waals surface area contributed by atoms with Gasteiger partial charge in [-0.3, -0.25) is 4.79 Å². The lowest BCUT2D eigenvalue weighted by atomic mass is 9.99. The third kappa shape index (κ3) is 3.19. The summed E-state index contributed by atoms with van der Waals surface area (Å²) in [5, 5.41) is 0. The highest BCUT2D eigenvalue weighted by atomic mass is 32.2. The molecule has 1 heterocycles. The van der Waals surface area contributed by atoms with Crippen molar-refractivity contribution in [3.63, 3.8) is 0 Å². The fraction of sp³-hybridized carbons (Fsp3) is 0.500. The van der Waals surface area contributed by atoms with E-state index < -0.39 is 21.8 Å². The van der Waals surface area contributed by atoms with Crippen LogP contribution in [0.4, 0.5) is 0 Å². The lowest BCUT2D eigenvalue weighted by molar-refractivity contribution is -0.122. The first kappa shape index (κ1) is 15.8. The first-order valence-electron chi connectivity index (χ1n) is 6.80. The average Bonchev–Trinajstić information content (AvgIpc) is 2.47. The minimum absolute atomic E-state index is 0.155. The van der Waals surface area contributed by atoms with Crippen LogP contribution in [-0.4, -0.2) is 38.8 Å². The summed E-state index contributed by atoms with van der Waals surface area (Å²) in [5.74, 6) is -0.212. The molecule has 7 heteroatoms. The van der Waals surface area contributed by atoms with Crippen molar-refractivity contribution in [3.8, 4) is 5.75 Å². The number of piperidine rings is 1.